The third kappa shape index (κ3) is 5.21. The Hall–Kier alpha value is -0.840. The Bertz CT molecular complexity index is 342. The smallest absolute Gasteiger partial charge is 0.224 e. The molecule has 0 aromatic carbocycles. The van der Waals surface area contributed by atoms with Gasteiger partial charge in [0.25, 0.3) is 0 Å². The molecule has 0 bridgehead atoms. The second-order valence-corrected chi connectivity index (χ2v) is 4.12. The lowest BCUT2D eigenvalue weighted by molar-refractivity contribution is -0.125. The van der Waals surface area contributed by atoms with Crippen LogP contribution in [0.3, 0.4) is 0 Å². The van der Waals surface area contributed by atoms with E-state index < -0.39 is 0 Å². The molecule has 1 atom stereocenters. The van der Waals surface area contributed by atoms with Crippen LogP contribution in [0, 0.1) is 5.92 Å². The van der Waals surface area contributed by atoms with Crippen molar-refractivity contribution in [1.29, 1.82) is 0 Å². The molecule has 1 aliphatic heterocycles. The van der Waals surface area contributed by atoms with E-state index in [1.54, 1.807) is 12.4 Å². The number of piperidine rings is 1. The molecule has 4 nitrogen and oxygen atoms in total. The monoisotopic (exact) mass is 291 g/mol. The second kappa shape index (κ2) is 9.14. The summed E-state index contributed by atoms with van der Waals surface area (Å²) >= 11 is 0. The molecule has 0 aliphatic carbocycles. The quantitative estimate of drug-likeness (QED) is 0.888. The Labute approximate surface area is 120 Å². The fourth-order valence-corrected chi connectivity index (χ4v) is 1.91. The minimum absolute atomic E-state index is 0. The molecule has 6 heteroatoms. The summed E-state index contributed by atoms with van der Waals surface area (Å²) in [4.78, 5) is 15.8. The Balaban J connectivity index is 0.00000144. The van der Waals surface area contributed by atoms with Crippen LogP contribution in [-0.4, -0.2) is 24.0 Å². The Morgan fingerprint density at radius 3 is 2.94 bits per heavy atom. The van der Waals surface area contributed by atoms with Crippen molar-refractivity contribution in [2.45, 2.75) is 19.4 Å². The first-order valence-electron chi connectivity index (χ1n) is 5.73. The number of nitrogens with one attached hydrogen (secondary N) is 2. The van der Waals surface area contributed by atoms with E-state index in [4.69, 9.17) is 0 Å². The zero-order chi connectivity index (χ0) is 11.2. The molecule has 2 rings (SSSR count). The molecule has 1 aliphatic rings. The van der Waals surface area contributed by atoms with Crippen molar-refractivity contribution in [2.75, 3.05) is 13.1 Å². The van der Waals surface area contributed by atoms with E-state index in [9.17, 15) is 4.79 Å². The van der Waals surface area contributed by atoms with Gasteiger partial charge in [-0.2, -0.15) is 0 Å². The Kier molecular flexibility index (Phi) is 8.71. The summed E-state index contributed by atoms with van der Waals surface area (Å²) in [6, 6.07) is 3.84. The standard InChI is InChI=1S/C12H17N3O.2ClH/c16-12(11-4-2-6-14-9-11)15-8-10-3-1-5-13-7-10;;/h1,3,5,7,11,14H,2,4,6,8-9H2,(H,15,16);2*1H. The van der Waals surface area contributed by atoms with Crippen LogP contribution in [-0.2, 0) is 11.3 Å². The van der Waals surface area contributed by atoms with E-state index >= 15 is 0 Å². The zero-order valence-corrected chi connectivity index (χ0v) is 11.7. The largest absolute Gasteiger partial charge is 0.352 e. The van der Waals surface area contributed by atoms with Crippen LogP contribution in [0.4, 0.5) is 0 Å². The molecular formula is C12H19Cl2N3O. The number of rotatable bonds is 3. The average molecular weight is 292 g/mol. The van der Waals surface area contributed by atoms with Crippen molar-refractivity contribution in [3.8, 4) is 0 Å². The number of amides is 1. The van der Waals surface area contributed by atoms with Crippen molar-refractivity contribution in [2.24, 2.45) is 5.92 Å². The molecule has 1 unspecified atom stereocenters. The van der Waals surface area contributed by atoms with Crippen LogP contribution in [0.1, 0.15) is 18.4 Å². The number of carbonyl (C=O) groups excluding carboxylic acids is 1. The number of halogens is 2. The summed E-state index contributed by atoms with van der Waals surface area (Å²) in [5, 5.41) is 6.19. The number of aromatic nitrogens is 1. The van der Waals surface area contributed by atoms with Crippen LogP contribution in [0.2, 0.25) is 0 Å². The lowest BCUT2D eigenvalue weighted by Crippen LogP contribution is -2.40. The number of hydrogen-bond donors (Lipinski definition) is 2. The molecule has 1 saturated heterocycles. The van der Waals surface area contributed by atoms with E-state index in [0.29, 0.717) is 6.54 Å². The number of pyridine rings is 1. The molecule has 0 spiro atoms. The fraction of sp³-hybridized carbons (Fsp3) is 0.500. The third-order valence-corrected chi connectivity index (χ3v) is 2.86. The summed E-state index contributed by atoms with van der Waals surface area (Å²) in [5.74, 6) is 0.279. The minimum Gasteiger partial charge on any atom is -0.352 e. The first-order valence-corrected chi connectivity index (χ1v) is 5.73. The van der Waals surface area contributed by atoms with E-state index in [-0.39, 0.29) is 36.6 Å². The van der Waals surface area contributed by atoms with E-state index in [2.05, 4.69) is 15.6 Å². The SMILES string of the molecule is Cl.Cl.O=C(NCc1cccnc1)C1CCCNC1. The van der Waals surface area contributed by atoms with Gasteiger partial charge in [0.05, 0.1) is 5.92 Å². The lowest BCUT2D eigenvalue weighted by atomic mass is 9.99. The van der Waals surface area contributed by atoms with Gasteiger partial charge in [-0.25, -0.2) is 0 Å². The summed E-state index contributed by atoms with van der Waals surface area (Å²) in [7, 11) is 0. The Morgan fingerprint density at radius 2 is 2.33 bits per heavy atom. The van der Waals surface area contributed by atoms with Gasteiger partial charge in [0, 0.05) is 25.5 Å². The molecule has 2 heterocycles. The highest BCUT2D eigenvalue weighted by molar-refractivity contribution is 5.85. The van der Waals surface area contributed by atoms with Gasteiger partial charge in [-0.3, -0.25) is 9.78 Å². The maximum atomic E-state index is 11.8. The maximum absolute atomic E-state index is 11.8. The van der Waals surface area contributed by atoms with Gasteiger partial charge in [0.15, 0.2) is 0 Å². The maximum Gasteiger partial charge on any atom is 0.224 e. The van der Waals surface area contributed by atoms with E-state index in [1.165, 1.54) is 0 Å². The van der Waals surface area contributed by atoms with Crippen molar-refractivity contribution in [3.63, 3.8) is 0 Å². The highest BCUT2D eigenvalue weighted by Gasteiger charge is 2.20. The predicted molar refractivity (Wildman–Crippen MR) is 76.2 cm³/mol. The molecule has 1 aromatic rings. The topological polar surface area (TPSA) is 54.0 Å². The van der Waals surface area contributed by atoms with Gasteiger partial charge < -0.3 is 10.6 Å². The first-order chi connectivity index (χ1) is 7.86. The predicted octanol–water partition coefficient (Wildman–Crippen LogP) is 1.54. The zero-order valence-electron chi connectivity index (χ0n) is 10.1. The van der Waals surface area contributed by atoms with Crippen LogP contribution >= 0.6 is 24.8 Å². The summed E-state index contributed by atoms with van der Waals surface area (Å²) in [5.41, 5.74) is 1.04. The average Bonchev–Trinajstić information content (AvgIpc) is 2.38. The molecule has 1 fully saturated rings. The molecule has 0 saturated carbocycles. The molecule has 0 radical (unpaired) electrons. The van der Waals surface area contributed by atoms with Crippen LogP contribution < -0.4 is 10.6 Å². The molecule has 1 aromatic heterocycles. The number of hydrogen-bond acceptors (Lipinski definition) is 3. The molecule has 2 N–H and O–H groups in total. The van der Waals surface area contributed by atoms with Crippen molar-refractivity contribution >= 4 is 30.7 Å². The number of carbonyl (C=O) groups is 1. The van der Waals surface area contributed by atoms with Crippen molar-refractivity contribution < 1.29 is 4.79 Å². The lowest BCUT2D eigenvalue weighted by Gasteiger charge is -2.21. The molecule has 18 heavy (non-hydrogen) atoms. The number of nitrogens with zero attached hydrogens (tertiary/aromatic N) is 1. The Morgan fingerprint density at radius 1 is 1.50 bits per heavy atom. The molecule has 1 amide bonds. The second-order valence-electron chi connectivity index (χ2n) is 4.12. The van der Waals surface area contributed by atoms with E-state index in [1.807, 2.05) is 12.1 Å². The van der Waals surface area contributed by atoms with Crippen LogP contribution in [0.5, 0.6) is 0 Å². The van der Waals surface area contributed by atoms with Gasteiger partial charge in [0.2, 0.25) is 5.91 Å². The minimum atomic E-state index is 0. The van der Waals surface area contributed by atoms with Crippen LogP contribution in [0.25, 0.3) is 0 Å². The normalized spacial score (nSPS) is 18.1. The summed E-state index contributed by atoms with van der Waals surface area (Å²) in [6.45, 7) is 2.41. The van der Waals surface area contributed by atoms with Gasteiger partial charge in [-0.15, -0.1) is 24.8 Å². The van der Waals surface area contributed by atoms with Gasteiger partial charge in [-0.1, -0.05) is 6.07 Å². The third-order valence-electron chi connectivity index (χ3n) is 2.86. The highest BCUT2D eigenvalue weighted by atomic mass is 35.5. The van der Waals surface area contributed by atoms with Crippen LogP contribution in [0.15, 0.2) is 24.5 Å². The van der Waals surface area contributed by atoms with Gasteiger partial charge in [-0.05, 0) is 31.0 Å². The first kappa shape index (κ1) is 17.2. The van der Waals surface area contributed by atoms with Gasteiger partial charge in [0.1, 0.15) is 0 Å². The summed E-state index contributed by atoms with van der Waals surface area (Å²) in [6.07, 6.45) is 5.59. The molecule has 102 valence electrons. The van der Waals surface area contributed by atoms with E-state index in [0.717, 1.165) is 31.5 Å². The fourth-order valence-electron chi connectivity index (χ4n) is 1.91. The highest BCUT2D eigenvalue weighted by Crippen LogP contribution is 2.09. The summed E-state index contributed by atoms with van der Waals surface area (Å²) < 4.78 is 0. The van der Waals surface area contributed by atoms with Gasteiger partial charge >= 0.3 is 0 Å². The van der Waals surface area contributed by atoms with Crippen molar-refractivity contribution in [1.82, 2.24) is 15.6 Å². The van der Waals surface area contributed by atoms with Crippen molar-refractivity contribution in [3.05, 3.63) is 30.1 Å². The molecular weight excluding hydrogens is 273 g/mol.